The molecule has 18 nitrogen and oxygen atoms in total. The molecule has 2 amide bonds. The van der Waals surface area contributed by atoms with Crippen molar-refractivity contribution in [1.82, 2.24) is 28.5 Å². The maximum absolute atomic E-state index is 13.5. The minimum atomic E-state index is -1.76. The zero-order valence-electron chi connectivity index (χ0n) is 32.6. The summed E-state index contributed by atoms with van der Waals surface area (Å²) in [4.78, 5) is 80.0. The number of likely N-dealkylation sites (tertiary alicyclic amines) is 2. The lowest BCUT2D eigenvalue weighted by Crippen LogP contribution is -2.52. The maximum Gasteiger partial charge on any atom is 0.335 e. The third-order valence-electron chi connectivity index (χ3n) is 11.5. The van der Waals surface area contributed by atoms with Crippen LogP contribution in [-0.4, -0.2) is 107 Å². The third-order valence-corrected chi connectivity index (χ3v) is 11.5. The van der Waals surface area contributed by atoms with E-state index in [2.05, 4.69) is 4.98 Å². The van der Waals surface area contributed by atoms with Gasteiger partial charge in [-0.15, -0.1) is 0 Å². The number of morpholine rings is 2. The molecule has 4 saturated heterocycles. The second-order valence-corrected chi connectivity index (χ2v) is 15.0. The fourth-order valence-electron chi connectivity index (χ4n) is 8.31. The Kier molecular flexibility index (Phi) is 11.0. The molecule has 2 aromatic heterocycles. The standard InChI is InChI=1S/C28H31N3O6.C12H15N3O6/c1-4-28-23(36-17-21-13-9-6-10-14-21)22(29(3)26(28)33)25(37-28)30-15-19(2)24(32)31(27(30)34)18-35-16-20-11-7-5-8-12-20;1-5-3-15(11(20)13-8(5)18)9-6-7(17)12(4-16,21-9)10(19)14(6)2/h5-15,22-23,25H,4,16-18H2,1-3H3;3,6-7,9,16-17H,4H2,1-2H3,(H,13,18,20)/t22-,23?,25+,28+;6-,7?,9+,12+/m00/s1. The Labute approximate surface area is 331 Å². The summed E-state index contributed by atoms with van der Waals surface area (Å²) in [5, 5.41) is 19.7. The summed E-state index contributed by atoms with van der Waals surface area (Å²) in [5.41, 5.74) is -2.60. The van der Waals surface area contributed by atoms with Crippen LogP contribution < -0.4 is 22.5 Å². The van der Waals surface area contributed by atoms with Crippen molar-refractivity contribution in [3.8, 4) is 0 Å². The van der Waals surface area contributed by atoms with Crippen LogP contribution in [0, 0.1) is 13.8 Å². The average Bonchev–Trinajstić information content (AvgIpc) is 3.84. The Bertz CT molecular complexity index is 2430. The lowest BCUT2D eigenvalue weighted by molar-refractivity contribution is -0.182. The first-order valence-electron chi connectivity index (χ1n) is 18.8. The predicted molar refractivity (Wildman–Crippen MR) is 204 cm³/mol. The first-order valence-corrected chi connectivity index (χ1v) is 18.8. The molecule has 3 N–H and O–H groups in total. The molecule has 4 aliphatic heterocycles. The number of aliphatic hydroxyl groups excluding tert-OH is 2. The fraction of sp³-hybridized carbons (Fsp3) is 0.450. The van der Waals surface area contributed by atoms with Gasteiger partial charge in [-0.05, 0) is 31.4 Å². The number of nitrogens with zero attached hydrogens (tertiary/aromatic N) is 5. The van der Waals surface area contributed by atoms with E-state index in [1.54, 1.807) is 18.9 Å². The van der Waals surface area contributed by atoms with Crippen LogP contribution in [0.1, 0.15) is 48.1 Å². The van der Waals surface area contributed by atoms with Crippen molar-refractivity contribution in [2.24, 2.45) is 0 Å². The number of carbonyl (C=O) groups excluding carboxylic acids is 2. The van der Waals surface area contributed by atoms with E-state index in [9.17, 15) is 39.0 Å². The molecule has 2 aromatic carbocycles. The van der Waals surface area contributed by atoms with Crippen LogP contribution >= 0.6 is 0 Å². The Morgan fingerprint density at radius 2 is 1.31 bits per heavy atom. The predicted octanol–water partition coefficient (Wildman–Crippen LogP) is -0.0973. The maximum atomic E-state index is 13.5. The largest absolute Gasteiger partial charge is 0.393 e. The Hall–Kier alpha value is -5.50. The Balaban J connectivity index is 0.000000206. The number of rotatable bonds is 11. The highest BCUT2D eigenvalue weighted by Crippen LogP contribution is 2.50. The summed E-state index contributed by atoms with van der Waals surface area (Å²) in [7, 11) is 3.17. The van der Waals surface area contributed by atoms with Gasteiger partial charge in [0.2, 0.25) is 0 Å². The molecule has 6 heterocycles. The molecule has 8 rings (SSSR count). The molecule has 4 aliphatic rings. The number of ether oxygens (including phenoxy) is 4. The molecule has 58 heavy (non-hydrogen) atoms. The molecule has 0 saturated carbocycles. The fourth-order valence-corrected chi connectivity index (χ4v) is 8.31. The van der Waals surface area contributed by atoms with E-state index < -0.39 is 83.0 Å². The van der Waals surface area contributed by atoms with Gasteiger partial charge in [-0.3, -0.25) is 33.3 Å². The SMILES string of the molecule is CC[C@@]12O[C@@H](n3cc(C)c(=O)n(COCc4ccccc4)c3=O)[C@H](C1OCc1ccccc1)N(C)C2=O.Cc1cn([C@@H]2O[C@@]3(CO)C(=O)N(C)[C@H]2C3O)c(=O)[nH]c1=O. The molecule has 0 radical (unpaired) electrons. The number of H-pyrrole nitrogens is 1. The minimum absolute atomic E-state index is 0.168. The van der Waals surface area contributed by atoms with Gasteiger partial charge < -0.3 is 39.0 Å². The molecule has 18 heteroatoms. The van der Waals surface area contributed by atoms with Gasteiger partial charge >= 0.3 is 11.4 Å². The van der Waals surface area contributed by atoms with Crippen LogP contribution in [0.4, 0.5) is 0 Å². The molecular weight excluding hydrogens is 756 g/mol. The summed E-state index contributed by atoms with van der Waals surface area (Å²) in [6, 6.07) is 17.9. The van der Waals surface area contributed by atoms with Crippen molar-refractivity contribution in [3.63, 3.8) is 0 Å². The summed E-state index contributed by atoms with van der Waals surface area (Å²) in [6.07, 6.45) is -0.432. The number of carbonyl (C=O) groups is 2. The van der Waals surface area contributed by atoms with Crippen molar-refractivity contribution in [2.75, 3.05) is 20.7 Å². The number of aromatic amines is 1. The van der Waals surface area contributed by atoms with Crippen molar-refractivity contribution in [1.29, 1.82) is 0 Å². The molecule has 4 bridgehead atoms. The molecule has 4 aromatic rings. The highest BCUT2D eigenvalue weighted by molar-refractivity contribution is 5.91. The summed E-state index contributed by atoms with van der Waals surface area (Å²) in [5.74, 6) is -0.702. The van der Waals surface area contributed by atoms with Crippen LogP contribution in [0.25, 0.3) is 0 Å². The van der Waals surface area contributed by atoms with Gasteiger partial charge in [-0.25, -0.2) is 14.2 Å². The van der Waals surface area contributed by atoms with E-state index in [-0.39, 0.29) is 19.2 Å². The van der Waals surface area contributed by atoms with E-state index in [4.69, 9.17) is 18.9 Å². The topological polar surface area (TPSA) is 217 Å². The number of aromatic nitrogens is 4. The zero-order chi connectivity index (χ0) is 41.7. The van der Waals surface area contributed by atoms with Crippen LogP contribution in [0.15, 0.2) is 92.2 Å². The minimum Gasteiger partial charge on any atom is -0.393 e. The number of aliphatic hydroxyl groups is 2. The van der Waals surface area contributed by atoms with Gasteiger partial charge in [0.25, 0.3) is 22.9 Å². The van der Waals surface area contributed by atoms with E-state index in [1.165, 1.54) is 35.8 Å². The second kappa shape index (κ2) is 15.7. The Morgan fingerprint density at radius 1 is 0.759 bits per heavy atom. The number of amides is 2. The monoisotopic (exact) mass is 802 g/mol. The third kappa shape index (κ3) is 6.54. The van der Waals surface area contributed by atoms with Crippen molar-refractivity contribution in [2.45, 2.75) is 95.1 Å². The zero-order valence-corrected chi connectivity index (χ0v) is 32.6. The number of hydrogen-bond donors (Lipinski definition) is 3. The van der Waals surface area contributed by atoms with Gasteiger partial charge in [-0.2, -0.15) is 0 Å². The Morgan fingerprint density at radius 3 is 1.91 bits per heavy atom. The van der Waals surface area contributed by atoms with Gasteiger partial charge in [0.1, 0.15) is 31.0 Å². The number of aryl methyl sites for hydroxylation is 2. The number of fused-ring (bicyclic) bond motifs is 4. The van der Waals surface area contributed by atoms with E-state index in [1.807, 2.05) is 67.6 Å². The van der Waals surface area contributed by atoms with Crippen molar-refractivity contribution < 1.29 is 38.7 Å². The number of hydrogen-bond acceptors (Lipinski definition) is 12. The van der Waals surface area contributed by atoms with E-state index in [0.29, 0.717) is 24.2 Å². The normalized spacial score (nSPS) is 28.3. The molecular formula is C40H46N6O12. The van der Waals surface area contributed by atoms with E-state index in [0.717, 1.165) is 20.3 Å². The smallest absolute Gasteiger partial charge is 0.335 e. The number of likely N-dealkylation sites (N-methyl/N-ethyl adjacent to an activating group) is 2. The second-order valence-electron chi connectivity index (χ2n) is 15.0. The lowest BCUT2D eigenvalue weighted by atomic mass is 9.95. The van der Waals surface area contributed by atoms with Gasteiger partial charge in [-0.1, -0.05) is 67.6 Å². The quantitative estimate of drug-likeness (QED) is 0.181. The molecule has 0 aliphatic carbocycles. The van der Waals surface area contributed by atoms with Gasteiger partial charge in [0, 0.05) is 37.6 Å². The molecule has 8 atom stereocenters. The van der Waals surface area contributed by atoms with Gasteiger partial charge in [0.15, 0.2) is 23.7 Å². The molecule has 0 spiro atoms. The van der Waals surface area contributed by atoms with E-state index >= 15 is 0 Å². The highest BCUT2D eigenvalue weighted by Gasteiger charge is 2.70. The van der Waals surface area contributed by atoms with Crippen LogP contribution in [0.3, 0.4) is 0 Å². The van der Waals surface area contributed by atoms with Crippen molar-refractivity contribution in [3.05, 3.63) is 137 Å². The summed E-state index contributed by atoms with van der Waals surface area (Å²) >= 11 is 0. The first-order chi connectivity index (χ1) is 27.7. The first kappa shape index (κ1) is 40.7. The van der Waals surface area contributed by atoms with Crippen molar-refractivity contribution >= 4 is 11.8 Å². The molecule has 4 fully saturated rings. The number of nitrogens with one attached hydrogen (secondary N) is 1. The molecule has 2 unspecified atom stereocenters. The van der Waals surface area contributed by atoms with Crippen LogP contribution in [0.5, 0.6) is 0 Å². The van der Waals surface area contributed by atoms with Crippen LogP contribution in [-0.2, 0) is 48.5 Å². The molecule has 308 valence electrons. The highest BCUT2D eigenvalue weighted by atomic mass is 16.6. The lowest BCUT2D eigenvalue weighted by Gasteiger charge is -2.34. The number of benzene rings is 2. The summed E-state index contributed by atoms with van der Waals surface area (Å²) in [6.45, 7) is 4.72. The average molecular weight is 803 g/mol. The van der Waals surface area contributed by atoms with Gasteiger partial charge in [0.05, 0.1) is 19.8 Å². The summed E-state index contributed by atoms with van der Waals surface area (Å²) < 4.78 is 27.5. The van der Waals surface area contributed by atoms with Crippen LogP contribution in [0.2, 0.25) is 0 Å².